The molecule has 0 aliphatic rings. The first-order valence-electron chi connectivity index (χ1n) is 5.63. The van der Waals surface area contributed by atoms with Crippen LogP contribution in [0.2, 0.25) is 10.0 Å². The van der Waals surface area contributed by atoms with Gasteiger partial charge in [-0.25, -0.2) is 4.79 Å². The third-order valence-corrected chi connectivity index (χ3v) is 3.17. The zero-order valence-corrected chi connectivity index (χ0v) is 12.0. The number of anilines is 1. The molecular weight excluding hydrogens is 289 g/mol. The molecule has 0 radical (unpaired) electrons. The van der Waals surface area contributed by atoms with Crippen LogP contribution in [-0.2, 0) is 4.79 Å². The van der Waals surface area contributed by atoms with Crippen LogP contribution in [0.1, 0.15) is 13.8 Å². The lowest BCUT2D eigenvalue weighted by Gasteiger charge is -2.20. The van der Waals surface area contributed by atoms with Crippen molar-refractivity contribution < 1.29 is 9.59 Å². The Kier molecular flexibility index (Phi) is 5.44. The van der Waals surface area contributed by atoms with Crippen molar-refractivity contribution in [3.8, 4) is 0 Å². The molecular formula is C12H15Cl2N3O2. The summed E-state index contributed by atoms with van der Waals surface area (Å²) in [6, 6.07) is 3.26. The number of amides is 3. The number of nitrogens with one attached hydrogen (secondary N) is 2. The minimum absolute atomic E-state index is 0.102. The van der Waals surface area contributed by atoms with E-state index in [1.165, 1.54) is 6.07 Å². The van der Waals surface area contributed by atoms with Crippen molar-refractivity contribution in [1.29, 1.82) is 0 Å². The van der Waals surface area contributed by atoms with Crippen LogP contribution in [0.25, 0.3) is 0 Å². The summed E-state index contributed by atoms with van der Waals surface area (Å²) in [5, 5.41) is 5.77. The molecule has 0 saturated carbocycles. The molecule has 0 bridgehead atoms. The maximum Gasteiger partial charge on any atom is 0.312 e. The number of benzene rings is 1. The fraction of sp³-hybridized carbons (Fsp3) is 0.333. The van der Waals surface area contributed by atoms with Crippen LogP contribution in [0.5, 0.6) is 0 Å². The van der Waals surface area contributed by atoms with Crippen molar-refractivity contribution in [2.45, 2.75) is 19.9 Å². The molecule has 104 valence electrons. The van der Waals surface area contributed by atoms with Gasteiger partial charge < -0.3 is 16.4 Å². The lowest BCUT2D eigenvalue weighted by atomic mass is 10.0. The summed E-state index contributed by atoms with van der Waals surface area (Å²) in [6.45, 7) is 3.60. The van der Waals surface area contributed by atoms with E-state index in [1.807, 2.05) is 0 Å². The van der Waals surface area contributed by atoms with Crippen molar-refractivity contribution in [1.82, 2.24) is 5.32 Å². The van der Waals surface area contributed by atoms with Crippen LogP contribution >= 0.6 is 23.2 Å². The van der Waals surface area contributed by atoms with E-state index in [0.717, 1.165) is 0 Å². The molecule has 1 atom stereocenters. The van der Waals surface area contributed by atoms with E-state index in [-0.39, 0.29) is 11.8 Å². The lowest BCUT2D eigenvalue weighted by molar-refractivity contribution is -0.118. The summed E-state index contributed by atoms with van der Waals surface area (Å²) in [6.07, 6.45) is 0. The topological polar surface area (TPSA) is 84.2 Å². The molecule has 7 heteroatoms. The number of hydrogen-bond acceptors (Lipinski definition) is 2. The maximum atomic E-state index is 12.0. The van der Waals surface area contributed by atoms with Crippen LogP contribution in [0, 0.1) is 5.92 Å². The first-order valence-corrected chi connectivity index (χ1v) is 6.38. The summed E-state index contributed by atoms with van der Waals surface area (Å²) in [5.41, 5.74) is 5.53. The van der Waals surface area contributed by atoms with Crippen LogP contribution in [0.3, 0.4) is 0 Å². The number of urea groups is 1. The van der Waals surface area contributed by atoms with Crippen molar-refractivity contribution in [2.24, 2.45) is 11.7 Å². The second-order valence-corrected chi connectivity index (χ2v) is 5.16. The van der Waals surface area contributed by atoms with Gasteiger partial charge in [-0.3, -0.25) is 4.79 Å². The van der Waals surface area contributed by atoms with Gasteiger partial charge in [-0.2, -0.15) is 0 Å². The van der Waals surface area contributed by atoms with Crippen LogP contribution in [0.4, 0.5) is 10.5 Å². The average molecular weight is 304 g/mol. The number of carbonyl (C=O) groups excluding carboxylic acids is 2. The van der Waals surface area contributed by atoms with Crippen molar-refractivity contribution >= 4 is 40.8 Å². The Bertz CT molecular complexity index is 492. The third kappa shape index (κ3) is 4.61. The molecule has 1 unspecified atom stereocenters. The van der Waals surface area contributed by atoms with Gasteiger partial charge in [0.15, 0.2) is 0 Å². The molecule has 0 fully saturated rings. The Hall–Kier alpha value is -1.46. The van der Waals surface area contributed by atoms with Gasteiger partial charge in [-0.1, -0.05) is 37.0 Å². The molecule has 19 heavy (non-hydrogen) atoms. The highest BCUT2D eigenvalue weighted by molar-refractivity contribution is 6.42. The molecule has 1 rings (SSSR count). The summed E-state index contributed by atoms with van der Waals surface area (Å²) in [4.78, 5) is 22.9. The average Bonchev–Trinajstić information content (AvgIpc) is 2.30. The summed E-state index contributed by atoms with van der Waals surface area (Å²) in [7, 11) is 0. The van der Waals surface area contributed by atoms with Crippen LogP contribution < -0.4 is 16.4 Å². The number of primary amides is 1. The fourth-order valence-corrected chi connectivity index (χ4v) is 1.78. The largest absolute Gasteiger partial charge is 0.352 e. The predicted octanol–water partition coefficient (Wildman–Crippen LogP) is 2.62. The van der Waals surface area contributed by atoms with Crippen LogP contribution in [-0.4, -0.2) is 18.0 Å². The van der Waals surface area contributed by atoms with E-state index < -0.39 is 12.1 Å². The molecule has 0 aliphatic carbocycles. The first kappa shape index (κ1) is 15.6. The zero-order valence-electron chi connectivity index (χ0n) is 10.5. The number of hydrogen-bond donors (Lipinski definition) is 3. The minimum atomic E-state index is -0.747. The fourth-order valence-electron chi connectivity index (χ4n) is 1.48. The van der Waals surface area contributed by atoms with Gasteiger partial charge in [0.2, 0.25) is 5.91 Å². The van der Waals surface area contributed by atoms with Gasteiger partial charge >= 0.3 is 6.03 Å². The normalized spacial score (nSPS) is 12.1. The number of nitrogens with two attached hydrogens (primary N) is 1. The second-order valence-electron chi connectivity index (χ2n) is 4.35. The number of carbonyl (C=O) groups is 2. The molecule has 3 amide bonds. The molecule has 1 aromatic rings. The van der Waals surface area contributed by atoms with Crippen molar-refractivity contribution in [2.75, 3.05) is 5.32 Å². The van der Waals surface area contributed by atoms with E-state index in [0.29, 0.717) is 15.7 Å². The van der Waals surface area contributed by atoms with Crippen LogP contribution in [0.15, 0.2) is 18.2 Å². The third-order valence-electron chi connectivity index (χ3n) is 2.43. The number of halogens is 2. The van der Waals surface area contributed by atoms with E-state index in [2.05, 4.69) is 10.6 Å². The molecule has 0 spiro atoms. The molecule has 4 N–H and O–H groups in total. The van der Waals surface area contributed by atoms with E-state index >= 15 is 0 Å². The van der Waals surface area contributed by atoms with Gasteiger partial charge in [-0.15, -0.1) is 0 Å². The smallest absolute Gasteiger partial charge is 0.312 e. The number of rotatable bonds is 4. The van der Waals surface area contributed by atoms with E-state index in [1.54, 1.807) is 26.0 Å². The standard InChI is InChI=1S/C12H15Cl2N3O2/c1-6(2)10(17-12(15)19)11(18)16-7-3-4-8(13)9(14)5-7/h3-6,10H,1-2H3,(H,16,18)(H3,15,17,19). The molecule has 0 aliphatic heterocycles. The lowest BCUT2D eigenvalue weighted by Crippen LogP contribution is -2.49. The Morgan fingerprint density at radius 1 is 1.21 bits per heavy atom. The summed E-state index contributed by atoms with van der Waals surface area (Å²) < 4.78 is 0. The van der Waals surface area contributed by atoms with Gasteiger partial charge in [-0.05, 0) is 24.1 Å². The predicted molar refractivity (Wildman–Crippen MR) is 76.4 cm³/mol. The maximum absolute atomic E-state index is 12.0. The van der Waals surface area contributed by atoms with Gasteiger partial charge in [0.25, 0.3) is 0 Å². The highest BCUT2D eigenvalue weighted by Crippen LogP contribution is 2.25. The summed E-state index contributed by atoms with van der Waals surface area (Å²) in [5.74, 6) is -0.470. The highest BCUT2D eigenvalue weighted by Gasteiger charge is 2.23. The highest BCUT2D eigenvalue weighted by atomic mass is 35.5. The monoisotopic (exact) mass is 303 g/mol. The quantitative estimate of drug-likeness (QED) is 0.799. The Balaban J connectivity index is 2.81. The summed E-state index contributed by atoms with van der Waals surface area (Å²) >= 11 is 11.6. The van der Waals surface area contributed by atoms with Crippen molar-refractivity contribution in [3.63, 3.8) is 0 Å². The Morgan fingerprint density at radius 3 is 2.32 bits per heavy atom. The minimum Gasteiger partial charge on any atom is -0.352 e. The van der Waals surface area contributed by atoms with Gasteiger partial charge in [0, 0.05) is 5.69 Å². The molecule has 1 aromatic carbocycles. The van der Waals surface area contributed by atoms with Gasteiger partial charge in [0.1, 0.15) is 6.04 Å². The van der Waals surface area contributed by atoms with E-state index in [4.69, 9.17) is 28.9 Å². The molecule has 0 aromatic heterocycles. The van der Waals surface area contributed by atoms with E-state index in [9.17, 15) is 9.59 Å². The zero-order chi connectivity index (χ0) is 14.6. The molecule has 5 nitrogen and oxygen atoms in total. The van der Waals surface area contributed by atoms with Crippen molar-refractivity contribution in [3.05, 3.63) is 28.2 Å². The molecule has 0 saturated heterocycles. The molecule has 0 heterocycles. The second kappa shape index (κ2) is 6.63. The SMILES string of the molecule is CC(C)C(NC(N)=O)C(=O)Nc1ccc(Cl)c(Cl)c1. The van der Waals surface area contributed by atoms with Gasteiger partial charge in [0.05, 0.1) is 10.0 Å². The Labute approximate surface area is 121 Å². The Morgan fingerprint density at radius 2 is 1.84 bits per heavy atom. The first-order chi connectivity index (χ1) is 8.81.